The van der Waals surface area contributed by atoms with Gasteiger partial charge in [0, 0.05) is 6.42 Å². The van der Waals surface area contributed by atoms with Crippen LogP contribution in [0.3, 0.4) is 0 Å². The van der Waals surface area contributed by atoms with Gasteiger partial charge in [0.2, 0.25) is 23.6 Å². The lowest BCUT2D eigenvalue weighted by Gasteiger charge is -2.27. The van der Waals surface area contributed by atoms with Gasteiger partial charge in [0.15, 0.2) is 0 Å². The van der Waals surface area contributed by atoms with E-state index in [1.807, 2.05) is 50.2 Å². The summed E-state index contributed by atoms with van der Waals surface area (Å²) < 4.78 is 16.4. The fraction of sp³-hybridized carbons (Fsp3) is 0.429. The number of esters is 1. The molecule has 3 rings (SSSR count). The van der Waals surface area contributed by atoms with E-state index in [1.54, 1.807) is 76.2 Å². The number of carbonyl (C=O) groups is 6. The Morgan fingerprint density at radius 2 is 1.34 bits per heavy atom. The van der Waals surface area contributed by atoms with Crippen molar-refractivity contribution in [1.29, 1.82) is 0 Å². The molecule has 0 heterocycles. The fourth-order valence-corrected chi connectivity index (χ4v) is 5.44. The second kappa shape index (κ2) is 22.0. The van der Waals surface area contributed by atoms with Gasteiger partial charge in [-0.25, -0.2) is 14.5 Å². The van der Waals surface area contributed by atoms with Gasteiger partial charge in [0.1, 0.15) is 36.6 Å². The van der Waals surface area contributed by atoms with Crippen molar-refractivity contribution in [3.8, 4) is 5.75 Å². The van der Waals surface area contributed by atoms with Crippen LogP contribution in [0.4, 0.5) is 4.79 Å². The number of nitrogens with one attached hydrogen (secondary N) is 3. The Labute approximate surface area is 328 Å². The summed E-state index contributed by atoms with van der Waals surface area (Å²) in [6.45, 7) is 9.44. The van der Waals surface area contributed by atoms with Gasteiger partial charge in [-0.05, 0) is 75.3 Å². The molecule has 0 aliphatic heterocycles. The van der Waals surface area contributed by atoms with Gasteiger partial charge in [-0.2, -0.15) is 0 Å². The molecule has 5 amide bonds. The molecule has 302 valence electrons. The Bertz CT molecular complexity index is 1750. The minimum absolute atomic E-state index is 0.0418. The summed E-state index contributed by atoms with van der Waals surface area (Å²) in [6.07, 6.45) is -0.634. The first-order valence-corrected chi connectivity index (χ1v) is 18.7. The van der Waals surface area contributed by atoms with E-state index in [-0.39, 0.29) is 25.4 Å². The lowest BCUT2D eigenvalue weighted by molar-refractivity contribution is -0.148. The lowest BCUT2D eigenvalue weighted by Crippen LogP contribution is -2.55. The van der Waals surface area contributed by atoms with E-state index in [9.17, 15) is 28.8 Å². The monoisotopic (exact) mass is 773 g/mol. The molecule has 0 saturated carbocycles. The molecule has 0 aliphatic carbocycles. The highest BCUT2D eigenvalue weighted by Gasteiger charge is 2.33. The average Bonchev–Trinajstić information content (AvgIpc) is 3.15. The van der Waals surface area contributed by atoms with E-state index in [4.69, 9.17) is 19.9 Å². The largest absolute Gasteiger partial charge is 0.489 e. The van der Waals surface area contributed by atoms with Crippen LogP contribution in [0.25, 0.3) is 0 Å². The van der Waals surface area contributed by atoms with E-state index in [1.165, 1.54) is 0 Å². The van der Waals surface area contributed by atoms with Crippen molar-refractivity contribution in [3.63, 3.8) is 0 Å². The Morgan fingerprint density at radius 1 is 0.750 bits per heavy atom. The number of carbonyl (C=O) groups excluding carboxylic acids is 6. The Hall–Kier alpha value is -5.76. The number of imide groups is 1. The minimum Gasteiger partial charge on any atom is -0.489 e. The molecule has 0 spiro atoms. The highest BCUT2D eigenvalue weighted by molar-refractivity contribution is 5.99. The third-order valence-corrected chi connectivity index (χ3v) is 8.10. The standard InChI is InChI=1S/C42H55N5O9/c1-7-54-40(52)35(22-28(2)3)46-38(50)34(24-29-14-10-8-11-15-29)45-36(48)25-44-37(49)26-47(41(53)56-42(4,5)6)39(51)33(43)23-30-18-20-32(21-19-30)55-27-31-16-12-9-13-17-31/h8-21,28,33-35H,7,22-27,43H2,1-6H3,(H,44,49)(H,45,48)(H,46,50). The first kappa shape index (κ1) is 44.6. The van der Waals surface area contributed by atoms with Crippen molar-refractivity contribution in [3.05, 3.63) is 102 Å². The third-order valence-electron chi connectivity index (χ3n) is 8.10. The zero-order valence-electron chi connectivity index (χ0n) is 33.0. The van der Waals surface area contributed by atoms with Gasteiger partial charge >= 0.3 is 12.1 Å². The zero-order valence-corrected chi connectivity index (χ0v) is 33.0. The SMILES string of the molecule is CCOC(=O)C(CC(C)C)NC(=O)C(Cc1ccccc1)NC(=O)CNC(=O)CN(C(=O)OC(C)(C)C)C(=O)C(N)Cc1ccc(OCc2ccccc2)cc1. The molecule has 0 aromatic heterocycles. The van der Waals surface area contributed by atoms with Gasteiger partial charge in [0.05, 0.1) is 19.2 Å². The van der Waals surface area contributed by atoms with Gasteiger partial charge in [-0.15, -0.1) is 0 Å². The van der Waals surface area contributed by atoms with Crippen LogP contribution in [0.1, 0.15) is 64.7 Å². The smallest absolute Gasteiger partial charge is 0.417 e. The number of hydrogen-bond donors (Lipinski definition) is 4. The van der Waals surface area contributed by atoms with Crippen LogP contribution in [0.2, 0.25) is 0 Å². The van der Waals surface area contributed by atoms with E-state index in [2.05, 4.69) is 16.0 Å². The number of benzene rings is 3. The summed E-state index contributed by atoms with van der Waals surface area (Å²) in [4.78, 5) is 79.7. The Balaban J connectivity index is 1.66. The van der Waals surface area contributed by atoms with Crippen LogP contribution in [0.5, 0.6) is 5.75 Å². The van der Waals surface area contributed by atoms with Gasteiger partial charge < -0.3 is 35.9 Å². The van der Waals surface area contributed by atoms with Crippen LogP contribution in [0.15, 0.2) is 84.9 Å². The van der Waals surface area contributed by atoms with E-state index >= 15 is 0 Å². The number of rotatable bonds is 19. The topological polar surface area (TPSA) is 195 Å². The molecular formula is C42H55N5O9. The first-order valence-electron chi connectivity index (χ1n) is 18.7. The van der Waals surface area contributed by atoms with Gasteiger partial charge in [0.25, 0.3) is 0 Å². The number of hydrogen-bond acceptors (Lipinski definition) is 10. The second-order valence-corrected chi connectivity index (χ2v) is 14.7. The molecule has 14 heteroatoms. The van der Waals surface area contributed by atoms with Crippen molar-refractivity contribution in [2.45, 2.75) is 91.1 Å². The molecule has 0 radical (unpaired) electrons. The number of amides is 5. The van der Waals surface area contributed by atoms with Gasteiger partial charge in [-0.1, -0.05) is 86.6 Å². The maximum atomic E-state index is 13.6. The predicted octanol–water partition coefficient (Wildman–Crippen LogP) is 3.84. The van der Waals surface area contributed by atoms with Crippen molar-refractivity contribution in [2.75, 3.05) is 19.7 Å². The average molecular weight is 774 g/mol. The van der Waals surface area contributed by atoms with E-state index in [0.717, 1.165) is 11.1 Å². The van der Waals surface area contributed by atoms with E-state index in [0.29, 0.717) is 29.2 Å². The summed E-state index contributed by atoms with van der Waals surface area (Å²) in [6, 6.07) is 22.4. The predicted molar refractivity (Wildman–Crippen MR) is 210 cm³/mol. The van der Waals surface area contributed by atoms with Crippen LogP contribution in [-0.4, -0.2) is 84.0 Å². The molecule has 3 aromatic carbocycles. The van der Waals surface area contributed by atoms with Crippen LogP contribution >= 0.6 is 0 Å². The van der Waals surface area contributed by atoms with Crippen LogP contribution in [-0.2, 0) is 52.9 Å². The molecule has 3 unspecified atom stereocenters. The molecule has 0 saturated heterocycles. The fourth-order valence-electron chi connectivity index (χ4n) is 5.44. The van der Waals surface area contributed by atoms with Crippen LogP contribution in [0, 0.1) is 5.92 Å². The van der Waals surface area contributed by atoms with Crippen LogP contribution < -0.4 is 26.4 Å². The highest BCUT2D eigenvalue weighted by Crippen LogP contribution is 2.17. The minimum atomic E-state index is -1.22. The van der Waals surface area contributed by atoms with Crippen molar-refractivity contribution in [1.82, 2.24) is 20.9 Å². The number of nitrogens with zero attached hydrogens (tertiary/aromatic N) is 1. The zero-order chi connectivity index (χ0) is 41.3. The number of ether oxygens (including phenoxy) is 3. The third kappa shape index (κ3) is 15.9. The molecule has 0 aliphatic rings. The molecular weight excluding hydrogens is 718 g/mol. The molecule has 5 N–H and O–H groups in total. The maximum absolute atomic E-state index is 13.6. The quantitative estimate of drug-likeness (QED) is 0.130. The molecule has 0 fully saturated rings. The molecule has 3 atom stereocenters. The summed E-state index contributed by atoms with van der Waals surface area (Å²) in [5, 5.41) is 7.73. The Kier molecular flexibility index (Phi) is 17.5. The normalized spacial score (nSPS) is 12.7. The summed E-state index contributed by atoms with van der Waals surface area (Å²) in [5.41, 5.74) is 7.71. The lowest BCUT2D eigenvalue weighted by atomic mass is 10.0. The highest BCUT2D eigenvalue weighted by atomic mass is 16.6. The number of nitrogens with two attached hydrogens (primary N) is 1. The first-order chi connectivity index (χ1) is 26.5. The van der Waals surface area contributed by atoms with Crippen molar-refractivity contribution >= 4 is 35.7 Å². The molecule has 14 nitrogen and oxygen atoms in total. The van der Waals surface area contributed by atoms with Crippen molar-refractivity contribution in [2.24, 2.45) is 11.7 Å². The van der Waals surface area contributed by atoms with Crippen molar-refractivity contribution < 1.29 is 43.0 Å². The molecule has 56 heavy (non-hydrogen) atoms. The second-order valence-electron chi connectivity index (χ2n) is 14.7. The van der Waals surface area contributed by atoms with Gasteiger partial charge in [-0.3, -0.25) is 19.2 Å². The maximum Gasteiger partial charge on any atom is 0.417 e. The van der Waals surface area contributed by atoms with E-state index < -0.39 is 72.5 Å². The molecule has 0 bridgehead atoms. The summed E-state index contributed by atoms with van der Waals surface area (Å²) in [7, 11) is 0. The Morgan fingerprint density at radius 3 is 1.91 bits per heavy atom. The summed E-state index contributed by atoms with van der Waals surface area (Å²) in [5.74, 6) is -2.97. The summed E-state index contributed by atoms with van der Waals surface area (Å²) >= 11 is 0. The molecule has 3 aromatic rings.